The maximum atomic E-state index is 12.0. The lowest BCUT2D eigenvalue weighted by atomic mass is 10.1. The zero-order valence-corrected chi connectivity index (χ0v) is 14.4. The number of anilines is 1. The molecule has 2 amide bonds. The summed E-state index contributed by atoms with van der Waals surface area (Å²) in [6, 6.07) is 7.74. The lowest BCUT2D eigenvalue weighted by Crippen LogP contribution is -2.16. The molecule has 2 aromatic rings. The summed E-state index contributed by atoms with van der Waals surface area (Å²) < 4.78 is 5.66. The van der Waals surface area contributed by atoms with E-state index in [1.807, 2.05) is 0 Å². The van der Waals surface area contributed by atoms with Gasteiger partial charge in [-0.3, -0.25) is 14.4 Å². The number of methoxy groups -OCH3 is 1. The van der Waals surface area contributed by atoms with Gasteiger partial charge in [0.15, 0.2) is 5.78 Å². The standard InChI is InChI=1S/C16H15ClN2O4S/c1-23-12-4-2-9(16(18)22)8-10(12)19-15(21)7-3-11(20)13-5-6-14(17)24-13/h2,4-6,8H,3,7H2,1H3,(H2,18,22)(H,19,21). The molecule has 3 N–H and O–H groups in total. The predicted molar refractivity (Wildman–Crippen MR) is 93.0 cm³/mol. The zero-order chi connectivity index (χ0) is 17.7. The summed E-state index contributed by atoms with van der Waals surface area (Å²) in [6.07, 6.45) is 0.0544. The monoisotopic (exact) mass is 366 g/mol. The van der Waals surface area contributed by atoms with E-state index in [4.69, 9.17) is 22.1 Å². The molecule has 126 valence electrons. The van der Waals surface area contributed by atoms with Crippen molar-refractivity contribution in [3.8, 4) is 5.75 Å². The van der Waals surface area contributed by atoms with Gasteiger partial charge < -0.3 is 15.8 Å². The van der Waals surface area contributed by atoms with Gasteiger partial charge in [-0.15, -0.1) is 11.3 Å². The van der Waals surface area contributed by atoms with Gasteiger partial charge in [0.2, 0.25) is 11.8 Å². The Morgan fingerprint density at radius 3 is 2.54 bits per heavy atom. The highest BCUT2D eigenvalue weighted by Gasteiger charge is 2.14. The van der Waals surface area contributed by atoms with Crippen LogP contribution in [0.15, 0.2) is 30.3 Å². The maximum absolute atomic E-state index is 12.0. The molecule has 24 heavy (non-hydrogen) atoms. The number of nitrogens with one attached hydrogen (secondary N) is 1. The van der Waals surface area contributed by atoms with E-state index >= 15 is 0 Å². The molecular formula is C16H15ClN2O4S. The quantitative estimate of drug-likeness (QED) is 0.735. The maximum Gasteiger partial charge on any atom is 0.248 e. The van der Waals surface area contributed by atoms with Crippen LogP contribution in [0.4, 0.5) is 5.69 Å². The molecule has 0 aliphatic rings. The van der Waals surface area contributed by atoms with Crippen molar-refractivity contribution in [2.24, 2.45) is 5.73 Å². The number of carbonyl (C=O) groups is 3. The van der Waals surface area contributed by atoms with Crippen LogP contribution in [-0.2, 0) is 4.79 Å². The van der Waals surface area contributed by atoms with Gasteiger partial charge in [0.1, 0.15) is 5.75 Å². The number of hydrogen-bond donors (Lipinski definition) is 2. The number of rotatable bonds is 7. The molecule has 0 unspecified atom stereocenters. The molecule has 0 aliphatic carbocycles. The van der Waals surface area contributed by atoms with Crippen LogP contribution in [0.5, 0.6) is 5.75 Å². The van der Waals surface area contributed by atoms with Crippen LogP contribution < -0.4 is 15.8 Å². The molecule has 0 fully saturated rings. The highest BCUT2D eigenvalue weighted by atomic mass is 35.5. The number of amides is 2. The number of thiophene rings is 1. The van der Waals surface area contributed by atoms with Gasteiger partial charge in [-0.2, -0.15) is 0 Å². The largest absolute Gasteiger partial charge is 0.495 e. The normalized spacial score (nSPS) is 10.2. The average molecular weight is 367 g/mol. The number of ketones is 1. The number of hydrogen-bond acceptors (Lipinski definition) is 5. The van der Waals surface area contributed by atoms with Crippen molar-refractivity contribution in [3.63, 3.8) is 0 Å². The van der Waals surface area contributed by atoms with E-state index in [1.54, 1.807) is 12.1 Å². The molecule has 1 heterocycles. The predicted octanol–water partition coefficient (Wildman–Crippen LogP) is 3.11. The fourth-order valence-corrected chi connectivity index (χ4v) is 3.00. The minimum atomic E-state index is -0.613. The van der Waals surface area contributed by atoms with Gasteiger partial charge in [0.25, 0.3) is 0 Å². The molecule has 8 heteroatoms. The Hall–Kier alpha value is -2.38. The third-order valence-corrected chi connectivity index (χ3v) is 4.46. The van der Waals surface area contributed by atoms with E-state index in [-0.39, 0.29) is 30.1 Å². The number of carbonyl (C=O) groups excluding carboxylic acids is 3. The Balaban J connectivity index is 2.00. The van der Waals surface area contributed by atoms with Crippen LogP contribution in [0.25, 0.3) is 0 Å². The smallest absolute Gasteiger partial charge is 0.248 e. The highest BCUT2D eigenvalue weighted by Crippen LogP contribution is 2.26. The third-order valence-electron chi connectivity index (χ3n) is 3.19. The first kappa shape index (κ1) is 18.0. The Morgan fingerprint density at radius 2 is 1.96 bits per heavy atom. The fourth-order valence-electron chi connectivity index (χ4n) is 1.99. The SMILES string of the molecule is COc1ccc(C(N)=O)cc1NC(=O)CCC(=O)c1ccc(Cl)s1. The Morgan fingerprint density at radius 1 is 1.21 bits per heavy atom. The van der Waals surface area contributed by atoms with Gasteiger partial charge in [0, 0.05) is 18.4 Å². The Labute approximate surface area is 147 Å². The van der Waals surface area contributed by atoms with E-state index in [9.17, 15) is 14.4 Å². The van der Waals surface area contributed by atoms with Crippen LogP contribution >= 0.6 is 22.9 Å². The van der Waals surface area contributed by atoms with Gasteiger partial charge >= 0.3 is 0 Å². The van der Waals surface area contributed by atoms with Crippen molar-refractivity contribution < 1.29 is 19.1 Å². The second kappa shape index (κ2) is 7.94. The lowest BCUT2D eigenvalue weighted by Gasteiger charge is -2.11. The molecule has 0 saturated carbocycles. The van der Waals surface area contributed by atoms with Crippen molar-refractivity contribution in [1.82, 2.24) is 0 Å². The number of halogens is 1. The van der Waals surface area contributed by atoms with Gasteiger partial charge in [-0.1, -0.05) is 11.6 Å². The van der Waals surface area contributed by atoms with E-state index in [1.165, 1.54) is 36.6 Å². The molecule has 0 saturated heterocycles. The van der Waals surface area contributed by atoms with Crippen molar-refractivity contribution in [1.29, 1.82) is 0 Å². The molecule has 0 spiro atoms. The molecule has 6 nitrogen and oxygen atoms in total. The molecule has 0 radical (unpaired) electrons. The summed E-state index contributed by atoms with van der Waals surface area (Å²) in [7, 11) is 1.44. The number of nitrogens with two attached hydrogens (primary N) is 1. The number of benzene rings is 1. The van der Waals surface area contributed by atoms with Crippen molar-refractivity contribution in [3.05, 3.63) is 45.1 Å². The second-order valence-corrected chi connectivity index (χ2v) is 6.57. The summed E-state index contributed by atoms with van der Waals surface area (Å²) in [6.45, 7) is 0. The first-order valence-electron chi connectivity index (χ1n) is 6.97. The molecule has 2 rings (SSSR count). The van der Waals surface area contributed by atoms with Crippen LogP contribution in [-0.4, -0.2) is 24.7 Å². The molecule has 1 aromatic carbocycles. The average Bonchev–Trinajstić information content (AvgIpc) is 2.99. The van der Waals surface area contributed by atoms with Crippen molar-refractivity contribution >= 4 is 46.2 Å². The summed E-state index contributed by atoms with van der Waals surface area (Å²) >= 11 is 6.96. The van der Waals surface area contributed by atoms with Crippen molar-refractivity contribution in [2.45, 2.75) is 12.8 Å². The Bertz CT molecular complexity index is 788. The first-order chi connectivity index (χ1) is 11.4. The van der Waals surface area contributed by atoms with E-state index in [0.717, 1.165) is 0 Å². The molecule has 0 aliphatic heterocycles. The third kappa shape index (κ3) is 4.56. The molecule has 1 aromatic heterocycles. The zero-order valence-electron chi connectivity index (χ0n) is 12.8. The second-order valence-electron chi connectivity index (χ2n) is 4.85. The topological polar surface area (TPSA) is 98.5 Å². The minimum Gasteiger partial charge on any atom is -0.495 e. The van der Waals surface area contributed by atoms with Crippen LogP contribution in [0, 0.1) is 0 Å². The van der Waals surface area contributed by atoms with E-state index < -0.39 is 5.91 Å². The molecule has 0 bridgehead atoms. The van der Waals surface area contributed by atoms with Gasteiger partial charge in [0.05, 0.1) is 22.0 Å². The van der Waals surface area contributed by atoms with E-state index in [0.29, 0.717) is 20.7 Å². The summed E-state index contributed by atoms with van der Waals surface area (Å²) in [4.78, 5) is 35.8. The summed E-state index contributed by atoms with van der Waals surface area (Å²) in [5.41, 5.74) is 5.79. The number of Topliss-reactive ketones (excluding diaryl/α,β-unsaturated/α-hetero) is 1. The van der Waals surface area contributed by atoms with E-state index in [2.05, 4.69) is 5.32 Å². The summed E-state index contributed by atoms with van der Waals surface area (Å²) in [5, 5.41) is 2.62. The lowest BCUT2D eigenvalue weighted by molar-refractivity contribution is -0.116. The minimum absolute atomic E-state index is 0.00168. The molecule has 0 atom stereocenters. The number of primary amides is 1. The van der Waals surface area contributed by atoms with Gasteiger partial charge in [-0.05, 0) is 30.3 Å². The van der Waals surface area contributed by atoms with Crippen LogP contribution in [0.1, 0.15) is 32.9 Å². The van der Waals surface area contributed by atoms with Crippen LogP contribution in [0.3, 0.4) is 0 Å². The van der Waals surface area contributed by atoms with Crippen LogP contribution in [0.2, 0.25) is 4.34 Å². The first-order valence-corrected chi connectivity index (χ1v) is 8.16. The van der Waals surface area contributed by atoms with Crippen molar-refractivity contribution in [2.75, 3.05) is 12.4 Å². The number of ether oxygens (including phenoxy) is 1. The summed E-state index contributed by atoms with van der Waals surface area (Å²) in [5.74, 6) is -0.742. The van der Waals surface area contributed by atoms with Gasteiger partial charge in [-0.25, -0.2) is 0 Å². The Kier molecular flexibility index (Phi) is 5.94. The fraction of sp³-hybridized carbons (Fsp3) is 0.188. The molecular weight excluding hydrogens is 352 g/mol. The highest BCUT2D eigenvalue weighted by molar-refractivity contribution is 7.18.